The Kier molecular flexibility index (Phi) is 4.24. The second kappa shape index (κ2) is 5.74. The molecule has 2 nitrogen and oxygen atoms in total. The van der Waals surface area contributed by atoms with Crippen LogP contribution in [0.25, 0.3) is 0 Å². The molecule has 0 radical (unpaired) electrons. The van der Waals surface area contributed by atoms with E-state index in [4.69, 9.17) is 41.2 Å². The van der Waals surface area contributed by atoms with Crippen molar-refractivity contribution < 1.29 is 4.39 Å². The van der Waals surface area contributed by atoms with E-state index in [1.54, 1.807) is 24.3 Å². The van der Waals surface area contributed by atoms with Gasteiger partial charge in [0.25, 0.3) is 0 Å². The average molecular weight is 315 g/mol. The van der Waals surface area contributed by atoms with E-state index in [1.165, 1.54) is 12.1 Å². The molecule has 0 bridgehead atoms. The van der Waals surface area contributed by atoms with E-state index >= 15 is 0 Å². The molecule has 0 aliphatic carbocycles. The third-order valence-corrected chi connectivity index (χ3v) is 3.34. The van der Waals surface area contributed by atoms with Gasteiger partial charge in [0.15, 0.2) is 0 Å². The smallest absolute Gasteiger partial charge is 0.147 e. The molecule has 2 rings (SSSR count). The summed E-state index contributed by atoms with van der Waals surface area (Å²) in [7, 11) is 0. The molecule has 0 unspecified atom stereocenters. The van der Waals surface area contributed by atoms with Gasteiger partial charge in [-0.1, -0.05) is 41.5 Å². The first-order valence-corrected chi connectivity index (χ1v) is 6.46. The van der Waals surface area contributed by atoms with Gasteiger partial charge in [0.1, 0.15) is 10.8 Å². The lowest BCUT2D eigenvalue weighted by atomic mass is 10.2. The van der Waals surface area contributed by atoms with Crippen molar-refractivity contribution in [2.24, 2.45) is 5.73 Å². The van der Waals surface area contributed by atoms with Gasteiger partial charge in [-0.3, -0.25) is 0 Å². The van der Waals surface area contributed by atoms with Crippen molar-refractivity contribution in [3.05, 3.63) is 57.8 Å². The molecular formula is C13H9Cl2FN2S. The Hall–Kier alpha value is -1.36. The maximum absolute atomic E-state index is 13.9. The maximum atomic E-state index is 13.9. The predicted molar refractivity (Wildman–Crippen MR) is 82.0 cm³/mol. The van der Waals surface area contributed by atoms with Gasteiger partial charge in [0.05, 0.1) is 21.4 Å². The summed E-state index contributed by atoms with van der Waals surface area (Å²) in [5.74, 6) is -0.485. The molecule has 0 aromatic heterocycles. The Labute approximate surface area is 125 Å². The fraction of sp³-hybridized carbons (Fsp3) is 0. The van der Waals surface area contributed by atoms with Crippen LogP contribution in [-0.2, 0) is 0 Å². The first kappa shape index (κ1) is 14.1. The van der Waals surface area contributed by atoms with Crippen LogP contribution >= 0.6 is 35.4 Å². The van der Waals surface area contributed by atoms with Crippen LogP contribution in [0, 0.1) is 5.82 Å². The molecule has 3 N–H and O–H groups in total. The Balaban J connectivity index is 2.36. The Bertz CT molecular complexity index is 626. The van der Waals surface area contributed by atoms with Crippen LogP contribution in [0.4, 0.5) is 15.8 Å². The van der Waals surface area contributed by atoms with Gasteiger partial charge >= 0.3 is 0 Å². The lowest BCUT2D eigenvalue weighted by Crippen LogP contribution is -2.09. The van der Waals surface area contributed by atoms with Crippen molar-refractivity contribution in [2.75, 3.05) is 5.32 Å². The second-order valence-electron chi connectivity index (χ2n) is 3.78. The number of benzene rings is 2. The van der Waals surface area contributed by atoms with E-state index in [0.29, 0.717) is 21.3 Å². The minimum absolute atomic E-state index is 0.140. The van der Waals surface area contributed by atoms with Crippen LogP contribution in [-0.4, -0.2) is 4.99 Å². The molecule has 2 aromatic carbocycles. The zero-order chi connectivity index (χ0) is 14.0. The van der Waals surface area contributed by atoms with E-state index in [-0.39, 0.29) is 10.7 Å². The van der Waals surface area contributed by atoms with E-state index in [9.17, 15) is 4.39 Å². The topological polar surface area (TPSA) is 38.0 Å². The summed E-state index contributed by atoms with van der Waals surface area (Å²) < 4.78 is 13.9. The van der Waals surface area contributed by atoms with Crippen LogP contribution in [0.1, 0.15) is 5.56 Å². The summed E-state index contributed by atoms with van der Waals surface area (Å²) in [6.07, 6.45) is 0. The SMILES string of the molecule is NC(=S)c1ccc(Nc2c(Cl)cccc2Cl)c(F)c1. The van der Waals surface area contributed by atoms with Crippen LogP contribution in [0.15, 0.2) is 36.4 Å². The van der Waals surface area contributed by atoms with Crippen molar-refractivity contribution in [1.82, 2.24) is 0 Å². The number of hydrogen-bond donors (Lipinski definition) is 2. The monoisotopic (exact) mass is 314 g/mol. The lowest BCUT2D eigenvalue weighted by molar-refractivity contribution is 0.631. The molecule has 6 heteroatoms. The second-order valence-corrected chi connectivity index (χ2v) is 5.03. The summed E-state index contributed by atoms with van der Waals surface area (Å²) in [6, 6.07) is 9.45. The third kappa shape index (κ3) is 3.15. The summed E-state index contributed by atoms with van der Waals surface area (Å²) in [4.78, 5) is 0.140. The lowest BCUT2D eigenvalue weighted by Gasteiger charge is -2.11. The highest BCUT2D eigenvalue weighted by molar-refractivity contribution is 7.80. The fourth-order valence-electron chi connectivity index (χ4n) is 1.52. The zero-order valence-electron chi connectivity index (χ0n) is 9.58. The van der Waals surface area contributed by atoms with E-state index in [1.807, 2.05) is 0 Å². The molecule has 0 atom stereocenters. The van der Waals surface area contributed by atoms with E-state index in [0.717, 1.165) is 0 Å². The predicted octanol–water partition coefficient (Wildman–Crippen LogP) is 4.51. The Morgan fingerprint density at radius 1 is 1.16 bits per heavy atom. The van der Waals surface area contributed by atoms with Gasteiger partial charge in [-0.15, -0.1) is 0 Å². The standard InChI is InChI=1S/C13H9Cl2FN2S/c14-8-2-1-3-9(15)12(8)18-11-5-4-7(13(17)19)6-10(11)16/h1-6,18H,(H2,17,19). The van der Waals surface area contributed by atoms with Gasteiger partial charge < -0.3 is 11.1 Å². The molecular weight excluding hydrogens is 306 g/mol. The number of hydrogen-bond acceptors (Lipinski definition) is 2. The number of anilines is 2. The maximum Gasteiger partial charge on any atom is 0.147 e. The van der Waals surface area contributed by atoms with Crippen LogP contribution in [0.5, 0.6) is 0 Å². The summed E-state index contributed by atoms with van der Waals surface area (Å²) >= 11 is 16.8. The van der Waals surface area contributed by atoms with Crippen LogP contribution in [0.2, 0.25) is 10.0 Å². The van der Waals surface area contributed by atoms with Gasteiger partial charge in [0.2, 0.25) is 0 Å². The van der Waals surface area contributed by atoms with Crippen molar-refractivity contribution in [3.63, 3.8) is 0 Å². The molecule has 98 valence electrons. The summed E-state index contributed by atoms with van der Waals surface area (Å²) in [5.41, 5.74) is 6.59. The highest BCUT2D eigenvalue weighted by Gasteiger charge is 2.10. The molecule has 0 heterocycles. The van der Waals surface area contributed by atoms with Crippen molar-refractivity contribution in [3.8, 4) is 0 Å². The Morgan fingerprint density at radius 2 is 1.79 bits per heavy atom. The van der Waals surface area contributed by atoms with Crippen LogP contribution < -0.4 is 11.1 Å². The molecule has 0 spiro atoms. The average Bonchev–Trinajstić information content (AvgIpc) is 2.35. The summed E-state index contributed by atoms with van der Waals surface area (Å²) in [5, 5.41) is 3.67. The van der Waals surface area contributed by atoms with Gasteiger partial charge in [-0.2, -0.15) is 0 Å². The third-order valence-electron chi connectivity index (χ3n) is 2.48. The molecule has 0 fully saturated rings. The van der Waals surface area contributed by atoms with E-state index in [2.05, 4.69) is 5.32 Å². The zero-order valence-corrected chi connectivity index (χ0v) is 11.9. The Morgan fingerprint density at radius 3 is 2.32 bits per heavy atom. The van der Waals surface area contributed by atoms with Crippen molar-refractivity contribution in [1.29, 1.82) is 0 Å². The molecule has 19 heavy (non-hydrogen) atoms. The first-order chi connectivity index (χ1) is 8.99. The van der Waals surface area contributed by atoms with E-state index < -0.39 is 5.82 Å². The number of nitrogens with one attached hydrogen (secondary N) is 1. The minimum Gasteiger partial charge on any atom is -0.389 e. The number of para-hydroxylation sites is 1. The highest BCUT2D eigenvalue weighted by Crippen LogP contribution is 2.33. The van der Waals surface area contributed by atoms with Crippen LogP contribution in [0.3, 0.4) is 0 Å². The molecule has 0 saturated carbocycles. The molecule has 0 aliphatic rings. The molecule has 0 aliphatic heterocycles. The quantitative estimate of drug-likeness (QED) is 0.819. The van der Waals surface area contributed by atoms with Gasteiger partial charge in [-0.25, -0.2) is 4.39 Å². The number of halogens is 3. The normalized spacial score (nSPS) is 10.3. The molecule has 0 saturated heterocycles. The molecule has 2 aromatic rings. The number of nitrogens with two attached hydrogens (primary N) is 1. The van der Waals surface area contributed by atoms with Gasteiger partial charge in [-0.05, 0) is 30.3 Å². The summed E-state index contributed by atoms with van der Waals surface area (Å²) in [6.45, 7) is 0. The molecule has 0 amide bonds. The minimum atomic E-state index is -0.485. The van der Waals surface area contributed by atoms with Gasteiger partial charge in [0, 0.05) is 5.56 Å². The number of rotatable bonds is 3. The first-order valence-electron chi connectivity index (χ1n) is 5.29. The van der Waals surface area contributed by atoms with Crippen molar-refractivity contribution >= 4 is 51.8 Å². The fourth-order valence-corrected chi connectivity index (χ4v) is 2.14. The highest BCUT2D eigenvalue weighted by atomic mass is 35.5. The van der Waals surface area contributed by atoms with Crippen molar-refractivity contribution in [2.45, 2.75) is 0 Å². The number of thiocarbonyl (C=S) groups is 1. The largest absolute Gasteiger partial charge is 0.389 e.